The number of nitrogens with one attached hydrogen (secondary N) is 3. The summed E-state index contributed by atoms with van der Waals surface area (Å²) in [5.74, 6) is -0.910. The lowest BCUT2D eigenvalue weighted by Gasteiger charge is -2.07. The highest BCUT2D eigenvalue weighted by Crippen LogP contribution is 2.09. The van der Waals surface area contributed by atoms with E-state index in [0.717, 1.165) is 5.56 Å². The van der Waals surface area contributed by atoms with Gasteiger partial charge in [-0.15, -0.1) is 0 Å². The van der Waals surface area contributed by atoms with Crippen LogP contribution in [0.1, 0.15) is 15.9 Å². The van der Waals surface area contributed by atoms with Crippen LogP contribution in [0.5, 0.6) is 0 Å². The average Bonchev–Trinajstić information content (AvgIpc) is 2.56. The van der Waals surface area contributed by atoms with Gasteiger partial charge in [-0.1, -0.05) is 12.1 Å². The Morgan fingerprint density at radius 2 is 1.78 bits per heavy atom. The predicted molar refractivity (Wildman–Crippen MR) is 89.0 cm³/mol. The fourth-order valence-electron chi connectivity index (χ4n) is 1.64. The van der Waals surface area contributed by atoms with Crippen LogP contribution < -0.4 is 16.2 Å². The van der Waals surface area contributed by atoms with E-state index in [-0.39, 0.29) is 10.9 Å². The quantitative estimate of drug-likeness (QED) is 0.299. The topological polar surface area (TPSA) is 85.8 Å². The SMILES string of the molecule is O=C(NO)c1ccc(NC(=S)N/N=C/c2ccc(F)cc2)cc1. The number of carbonyl (C=O) groups is 1. The standard InChI is InChI=1S/C15H13FN4O2S/c16-12-5-1-10(2-6-12)9-17-19-15(23)18-13-7-3-11(4-8-13)14(21)20-22/h1-9,22H,(H,20,21)(H2,18,19,23)/b17-9+. The van der Waals surface area contributed by atoms with Gasteiger partial charge in [0, 0.05) is 11.3 Å². The van der Waals surface area contributed by atoms with E-state index < -0.39 is 5.91 Å². The number of amides is 1. The summed E-state index contributed by atoms with van der Waals surface area (Å²) >= 11 is 5.06. The van der Waals surface area contributed by atoms with Crippen LogP contribution in [-0.2, 0) is 0 Å². The van der Waals surface area contributed by atoms with Gasteiger partial charge in [-0.05, 0) is 54.2 Å². The Hall–Kier alpha value is -2.84. The second-order valence-corrected chi connectivity index (χ2v) is 4.80. The Kier molecular flexibility index (Phi) is 5.73. The van der Waals surface area contributed by atoms with Crippen molar-refractivity contribution in [3.8, 4) is 0 Å². The summed E-state index contributed by atoms with van der Waals surface area (Å²) in [5.41, 5.74) is 5.85. The Morgan fingerprint density at radius 3 is 2.39 bits per heavy atom. The van der Waals surface area contributed by atoms with Crippen molar-refractivity contribution >= 4 is 35.1 Å². The number of thiocarbonyl (C=S) groups is 1. The summed E-state index contributed by atoms with van der Waals surface area (Å²) < 4.78 is 12.8. The molecule has 0 spiro atoms. The van der Waals surface area contributed by atoms with E-state index in [1.54, 1.807) is 29.7 Å². The van der Waals surface area contributed by atoms with Crippen LogP contribution in [0.25, 0.3) is 0 Å². The van der Waals surface area contributed by atoms with Crippen molar-refractivity contribution < 1.29 is 14.4 Å². The van der Waals surface area contributed by atoms with Crippen molar-refractivity contribution in [2.45, 2.75) is 0 Å². The molecule has 0 radical (unpaired) electrons. The van der Waals surface area contributed by atoms with Gasteiger partial charge < -0.3 is 5.32 Å². The molecule has 0 bridgehead atoms. The minimum absolute atomic E-state index is 0.253. The molecule has 0 saturated heterocycles. The van der Waals surface area contributed by atoms with Crippen LogP contribution in [0.2, 0.25) is 0 Å². The maximum atomic E-state index is 12.8. The molecule has 0 fully saturated rings. The van der Waals surface area contributed by atoms with Crippen molar-refractivity contribution in [2.75, 3.05) is 5.32 Å². The fourth-order valence-corrected chi connectivity index (χ4v) is 1.81. The molecule has 6 nitrogen and oxygen atoms in total. The lowest BCUT2D eigenvalue weighted by molar-refractivity contribution is 0.0706. The summed E-state index contributed by atoms with van der Waals surface area (Å²) in [6, 6.07) is 12.1. The van der Waals surface area contributed by atoms with Crippen molar-refractivity contribution in [3.63, 3.8) is 0 Å². The summed E-state index contributed by atoms with van der Waals surface area (Å²) in [5, 5.41) is 15.6. The van der Waals surface area contributed by atoms with Crippen LogP contribution in [-0.4, -0.2) is 22.4 Å². The molecule has 2 aromatic rings. The number of carbonyl (C=O) groups excluding carboxylic acids is 1. The van der Waals surface area contributed by atoms with Gasteiger partial charge in [0.05, 0.1) is 6.21 Å². The summed E-state index contributed by atoms with van der Waals surface area (Å²) in [6.45, 7) is 0. The van der Waals surface area contributed by atoms with E-state index in [9.17, 15) is 9.18 Å². The van der Waals surface area contributed by atoms with E-state index in [1.807, 2.05) is 0 Å². The third-order valence-electron chi connectivity index (χ3n) is 2.76. The molecule has 2 aromatic carbocycles. The first kappa shape index (κ1) is 16.5. The van der Waals surface area contributed by atoms with Crippen molar-refractivity contribution in [2.24, 2.45) is 5.10 Å². The average molecular weight is 332 g/mol. The molecular formula is C15H13FN4O2S. The molecule has 0 aliphatic carbocycles. The minimum atomic E-state index is -0.596. The highest BCUT2D eigenvalue weighted by atomic mass is 32.1. The third kappa shape index (κ3) is 5.13. The lowest BCUT2D eigenvalue weighted by Crippen LogP contribution is -2.24. The second-order valence-electron chi connectivity index (χ2n) is 4.39. The number of hydroxylamine groups is 1. The molecule has 0 heterocycles. The van der Waals surface area contributed by atoms with E-state index in [4.69, 9.17) is 17.4 Å². The van der Waals surface area contributed by atoms with Gasteiger partial charge in [0.1, 0.15) is 5.82 Å². The maximum absolute atomic E-state index is 12.8. The molecule has 0 saturated carbocycles. The Morgan fingerprint density at radius 1 is 1.13 bits per heavy atom. The lowest BCUT2D eigenvalue weighted by atomic mass is 10.2. The van der Waals surface area contributed by atoms with Gasteiger partial charge in [-0.25, -0.2) is 9.87 Å². The van der Waals surface area contributed by atoms with Gasteiger partial charge >= 0.3 is 0 Å². The van der Waals surface area contributed by atoms with Gasteiger partial charge in [0.25, 0.3) is 5.91 Å². The first-order valence-electron chi connectivity index (χ1n) is 6.48. The van der Waals surface area contributed by atoms with E-state index in [1.165, 1.54) is 30.5 Å². The first-order chi connectivity index (χ1) is 11.1. The van der Waals surface area contributed by atoms with Gasteiger partial charge in [0.15, 0.2) is 5.11 Å². The number of halogens is 1. The molecule has 0 atom stereocenters. The van der Waals surface area contributed by atoms with Crippen LogP contribution in [0.4, 0.5) is 10.1 Å². The second kappa shape index (κ2) is 7.97. The number of rotatable bonds is 4. The normalized spacial score (nSPS) is 10.3. The smallest absolute Gasteiger partial charge is 0.274 e. The molecule has 118 valence electrons. The van der Waals surface area contributed by atoms with Crippen LogP contribution >= 0.6 is 12.2 Å². The largest absolute Gasteiger partial charge is 0.331 e. The Balaban J connectivity index is 1.87. The molecule has 1 amide bonds. The summed E-state index contributed by atoms with van der Waals surface area (Å²) in [4.78, 5) is 11.2. The number of hydrazone groups is 1. The maximum Gasteiger partial charge on any atom is 0.274 e. The number of hydrogen-bond acceptors (Lipinski definition) is 4. The summed E-state index contributed by atoms with van der Waals surface area (Å²) in [7, 11) is 0. The van der Waals surface area contributed by atoms with Crippen LogP contribution in [0.3, 0.4) is 0 Å². The van der Waals surface area contributed by atoms with E-state index in [0.29, 0.717) is 11.3 Å². The zero-order chi connectivity index (χ0) is 16.7. The van der Waals surface area contributed by atoms with Gasteiger partial charge in [0.2, 0.25) is 0 Å². The number of hydrogen-bond donors (Lipinski definition) is 4. The van der Waals surface area contributed by atoms with E-state index in [2.05, 4.69) is 15.8 Å². The van der Waals surface area contributed by atoms with Crippen LogP contribution in [0, 0.1) is 5.82 Å². The molecule has 0 aromatic heterocycles. The summed E-state index contributed by atoms with van der Waals surface area (Å²) in [6.07, 6.45) is 1.50. The molecule has 0 unspecified atom stereocenters. The predicted octanol–water partition coefficient (Wildman–Crippen LogP) is 2.27. The highest BCUT2D eigenvalue weighted by Gasteiger charge is 2.03. The number of benzene rings is 2. The van der Waals surface area contributed by atoms with Gasteiger partial charge in [-0.2, -0.15) is 5.10 Å². The zero-order valence-electron chi connectivity index (χ0n) is 11.8. The van der Waals surface area contributed by atoms with Gasteiger partial charge in [-0.3, -0.25) is 15.4 Å². The Labute approximate surface area is 137 Å². The molecule has 2 rings (SSSR count). The zero-order valence-corrected chi connectivity index (χ0v) is 12.6. The van der Waals surface area contributed by atoms with Crippen LogP contribution in [0.15, 0.2) is 53.6 Å². The van der Waals surface area contributed by atoms with E-state index >= 15 is 0 Å². The molecule has 23 heavy (non-hydrogen) atoms. The Bertz CT molecular complexity index is 717. The first-order valence-corrected chi connectivity index (χ1v) is 6.89. The monoisotopic (exact) mass is 332 g/mol. The fraction of sp³-hybridized carbons (Fsp3) is 0. The molecule has 0 aliphatic heterocycles. The molecule has 0 aliphatic rings. The molecular weight excluding hydrogens is 319 g/mol. The highest BCUT2D eigenvalue weighted by molar-refractivity contribution is 7.80. The molecule has 4 N–H and O–H groups in total. The van der Waals surface area contributed by atoms with Crippen molar-refractivity contribution in [1.29, 1.82) is 0 Å². The number of anilines is 1. The number of nitrogens with zero attached hydrogens (tertiary/aromatic N) is 1. The molecule has 8 heteroatoms. The van der Waals surface area contributed by atoms with Crippen molar-refractivity contribution in [1.82, 2.24) is 10.9 Å². The minimum Gasteiger partial charge on any atom is -0.331 e. The third-order valence-corrected chi connectivity index (χ3v) is 2.95. The van der Waals surface area contributed by atoms with Crippen molar-refractivity contribution in [3.05, 3.63) is 65.5 Å².